The number of hydrogen-bond acceptors (Lipinski definition) is 8. The first-order valence-electron chi connectivity index (χ1n) is 9.19. The van der Waals surface area contributed by atoms with Gasteiger partial charge in [-0.1, -0.05) is 0 Å². The summed E-state index contributed by atoms with van der Waals surface area (Å²) < 4.78 is 46.5. The van der Waals surface area contributed by atoms with E-state index in [1.165, 1.54) is 33.7 Å². The summed E-state index contributed by atoms with van der Waals surface area (Å²) in [5.74, 6) is 1.01. The van der Waals surface area contributed by atoms with Gasteiger partial charge in [0.05, 0.1) is 33.6 Å². The predicted octanol–water partition coefficient (Wildman–Crippen LogP) is 3.52. The van der Waals surface area contributed by atoms with Crippen LogP contribution in [-0.4, -0.2) is 47.5 Å². The summed E-state index contributed by atoms with van der Waals surface area (Å²) in [4.78, 5) is 17.5. The number of ketones is 1. The van der Waals surface area contributed by atoms with E-state index < -0.39 is 11.3 Å². The third-order valence-electron chi connectivity index (χ3n) is 4.56. The van der Waals surface area contributed by atoms with Crippen LogP contribution in [0.1, 0.15) is 22.8 Å². The van der Waals surface area contributed by atoms with E-state index in [2.05, 4.69) is 9.71 Å². The number of ether oxygens (including phenoxy) is 4. The lowest BCUT2D eigenvalue weighted by atomic mass is 9.98. The predicted molar refractivity (Wildman–Crippen MR) is 122 cm³/mol. The number of fused-ring (bicyclic) bond motifs is 1. The van der Waals surface area contributed by atoms with Crippen molar-refractivity contribution < 1.29 is 32.5 Å². The van der Waals surface area contributed by atoms with Crippen molar-refractivity contribution in [2.24, 2.45) is 0 Å². The molecule has 0 saturated heterocycles. The first kappa shape index (κ1) is 25.2. The molecule has 9 nitrogen and oxygen atoms in total. The van der Waals surface area contributed by atoms with E-state index in [1.807, 2.05) is 0 Å². The molecule has 0 spiro atoms. The molecule has 3 rings (SSSR count). The summed E-state index contributed by atoms with van der Waals surface area (Å²) >= 11 is -2.59. The summed E-state index contributed by atoms with van der Waals surface area (Å²) in [6.45, 7) is 2.12. The quantitative estimate of drug-likeness (QED) is 0.364. The highest BCUT2D eigenvalue weighted by atomic mass is 35.5. The van der Waals surface area contributed by atoms with Gasteiger partial charge in [0.1, 0.15) is 5.75 Å². The number of nitrogens with zero attached hydrogens (tertiary/aromatic N) is 1. The molecule has 172 valence electrons. The maximum Gasteiger partial charge on any atom is 0.203 e. The van der Waals surface area contributed by atoms with E-state index in [1.54, 1.807) is 31.2 Å². The van der Waals surface area contributed by atoms with Crippen LogP contribution in [0.3, 0.4) is 0 Å². The fraction of sp³-hybridized carbons (Fsp3) is 0.238. The second-order valence-electron chi connectivity index (χ2n) is 6.23. The number of hydrogen-bond donors (Lipinski definition) is 1. The van der Waals surface area contributed by atoms with Crippen molar-refractivity contribution in [2.45, 2.75) is 6.92 Å². The number of anilines is 1. The zero-order valence-corrected chi connectivity index (χ0v) is 19.4. The number of rotatable bonds is 9. The Morgan fingerprint density at radius 1 is 1.03 bits per heavy atom. The van der Waals surface area contributed by atoms with Crippen molar-refractivity contribution in [3.8, 4) is 23.0 Å². The van der Waals surface area contributed by atoms with E-state index in [0.717, 1.165) is 0 Å². The van der Waals surface area contributed by atoms with Crippen LogP contribution in [0.2, 0.25) is 0 Å². The van der Waals surface area contributed by atoms with Crippen LogP contribution >= 0.6 is 12.4 Å². The Labute approximate surface area is 193 Å². The molecule has 0 fully saturated rings. The van der Waals surface area contributed by atoms with E-state index in [9.17, 15) is 13.6 Å². The Morgan fingerprint density at radius 2 is 1.69 bits per heavy atom. The summed E-state index contributed by atoms with van der Waals surface area (Å²) in [6, 6.07) is 6.38. The topological polar surface area (TPSA) is 119 Å². The minimum absolute atomic E-state index is 0. The van der Waals surface area contributed by atoms with Gasteiger partial charge in [-0.25, -0.2) is 0 Å². The van der Waals surface area contributed by atoms with Crippen LogP contribution in [0.5, 0.6) is 23.0 Å². The third-order valence-corrected chi connectivity index (χ3v) is 4.93. The van der Waals surface area contributed by atoms with E-state index >= 15 is 0 Å². The Morgan fingerprint density at radius 3 is 2.22 bits per heavy atom. The molecule has 1 aromatic heterocycles. The highest BCUT2D eigenvalue weighted by molar-refractivity contribution is 7.80. The van der Waals surface area contributed by atoms with Crippen LogP contribution < -0.4 is 23.7 Å². The first-order valence-corrected chi connectivity index (χ1v) is 10.3. The molecule has 3 aromatic rings. The molecule has 0 aliphatic carbocycles. The molecule has 1 atom stereocenters. The largest absolute Gasteiger partial charge is 0.755 e. The molecule has 32 heavy (non-hydrogen) atoms. The number of pyridine rings is 1. The van der Waals surface area contributed by atoms with Gasteiger partial charge in [0.15, 0.2) is 17.3 Å². The van der Waals surface area contributed by atoms with Gasteiger partial charge in [-0.05, 0) is 36.6 Å². The highest BCUT2D eigenvalue weighted by Crippen LogP contribution is 2.40. The number of carbonyl (C=O) groups excluding carboxylic acids is 1. The van der Waals surface area contributed by atoms with Gasteiger partial charge in [0, 0.05) is 40.2 Å². The van der Waals surface area contributed by atoms with Crippen molar-refractivity contribution in [3.63, 3.8) is 0 Å². The minimum Gasteiger partial charge on any atom is -0.755 e. The average Bonchev–Trinajstić information content (AvgIpc) is 2.78. The molecule has 2 aromatic carbocycles. The van der Waals surface area contributed by atoms with E-state index in [-0.39, 0.29) is 29.4 Å². The number of methoxy groups -OCH3 is 3. The van der Waals surface area contributed by atoms with Gasteiger partial charge in [0.2, 0.25) is 5.75 Å². The van der Waals surface area contributed by atoms with Crippen LogP contribution in [0.25, 0.3) is 10.8 Å². The van der Waals surface area contributed by atoms with Gasteiger partial charge in [-0.3, -0.25) is 14.0 Å². The zero-order valence-electron chi connectivity index (χ0n) is 17.8. The van der Waals surface area contributed by atoms with Gasteiger partial charge >= 0.3 is 0 Å². The normalized spacial score (nSPS) is 11.3. The first-order chi connectivity index (χ1) is 14.9. The van der Waals surface area contributed by atoms with Crippen molar-refractivity contribution in [1.82, 2.24) is 4.98 Å². The maximum absolute atomic E-state index is 13.4. The smallest absolute Gasteiger partial charge is 0.203 e. The van der Waals surface area contributed by atoms with Crippen LogP contribution in [-0.2, 0) is 11.3 Å². The van der Waals surface area contributed by atoms with Gasteiger partial charge in [0.25, 0.3) is 0 Å². The van der Waals surface area contributed by atoms with Gasteiger partial charge < -0.3 is 28.2 Å². The fourth-order valence-electron chi connectivity index (χ4n) is 3.24. The molecular weight excluding hydrogens is 460 g/mol. The number of aromatic nitrogens is 1. The van der Waals surface area contributed by atoms with Crippen LogP contribution in [0.15, 0.2) is 36.7 Å². The second kappa shape index (κ2) is 11.0. The fourth-order valence-corrected chi connectivity index (χ4v) is 3.61. The molecular formula is C21H22ClN2O7S-. The summed E-state index contributed by atoms with van der Waals surface area (Å²) in [6.07, 6.45) is 2.89. The van der Waals surface area contributed by atoms with Crippen molar-refractivity contribution in [1.29, 1.82) is 0 Å². The average molecular weight is 482 g/mol. The molecule has 0 aliphatic heterocycles. The molecule has 1 heterocycles. The molecule has 1 N–H and O–H groups in total. The zero-order chi connectivity index (χ0) is 22.5. The van der Waals surface area contributed by atoms with Crippen molar-refractivity contribution in [3.05, 3.63) is 47.8 Å². The lowest BCUT2D eigenvalue weighted by molar-refractivity contribution is 0.103. The lowest BCUT2D eigenvalue weighted by Gasteiger charge is -2.17. The molecule has 0 bridgehead atoms. The Balaban J connectivity index is 0.00000363. The highest BCUT2D eigenvalue weighted by Gasteiger charge is 2.21. The SMILES string of the molecule is CCOc1ccc2c(C(=O)c3cc(OC)c(OC)c(OC)c3)cncc2c1NS(=O)[O-].Cl. The van der Waals surface area contributed by atoms with E-state index in [0.29, 0.717) is 45.9 Å². The number of nitrogens with one attached hydrogen (secondary N) is 1. The molecule has 11 heteroatoms. The molecule has 0 aliphatic rings. The van der Waals surface area contributed by atoms with Crippen molar-refractivity contribution >= 4 is 45.9 Å². The summed E-state index contributed by atoms with van der Waals surface area (Å²) in [7, 11) is 4.39. The maximum atomic E-state index is 13.4. The Hall–Kier alpha value is -3.08. The molecule has 0 saturated carbocycles. The van der Waals surface area contributed by atoms with E-state index in [4.69, 9.17) is 18.9 Å². The Bertz CT molecular complexity index is 1130. The van der Waals surface area contributed by atoms with Gasteiger partial charge in [-0.15, -0.1) is 12.4 Å². The summed E-state index contributed by atoms with van der Waals surface area (Å²) in [5, 5.41) is 0.929. The summed E-state index contributed by atoms with van der Waals surface area (Å²) in [5.41, 5.74) is 0.772. The standard InChI is InChI=1S/C21H22N2O7S.ClH/c1-5-30-16-7-6-13-14(19(16)23-31(25)26)10-22-11-15(13)20(24)12-8-17(27-2)21(29-4)18(9-12)28-3;/h6-11,23H,5H2,1-4H3,(H,25,26);1H/p-1. The molecule has 0 amide bonds. The monoisotopic (exact) mass is 481 g/mol. The number of carbonyl (C=O) groups is 1. The number of halogens is 1. The van der Waals surface area contributed by atoms with Crippen LogP contribution in [0.4, 0.5) is 5.69 Å². The molecule has 1 unspecified atom stereocenters. The van der Waals surface area contributed by atoms with Crippen LogP contribution in [0, 0.1) is 0 Å². The second-order valence-corrected chi connectivity index (χ2v) is 6.91. The third kappa shape index (κ3) is 4.87. The number of benzene rings is 2. The lowest BCUT2D eigenvalue weighted by Crippen LogP contribution is -2.08. The Kier molecular flexibility index (Phi) is 8.64. The van der Waals surface area contributed by atoms with Crippen molar-refractivity contribution in [2.75, 3.05) is 32.7 Å². The van der Waals surface area contributed by atoms with Gasteiger partial charge in [-0.2, -0.15) is 0 Å². The molecule has 0 radical (unpaired) electrons. The minimum atomic E-state index is -2.59.